The van der Waals surface area contributed by atoms with Gasteiger partial charge in [0.2, 0.25) is 0 Å². The van der Waals surface area contributed by atoms with Gasteiger partial charge in [-0.15, -0.1) is 0 Å². The Balaban J connectivity index is 1.53. The maximum Gasteiger partial charge on any atom is 0.318 e. The molecule has 0 saturated heterocycles. The lowest BCUT2D eigenvalue weighted by atomic mass is 9.92. The van der Waals surface area contributed by atoms with Gasteiger partial charge in [-0.3, -0.25) is 0 Å². The van der Waals surface area contributed by atoms with E-state index in [0.717, 1.165) is 29.0 Å². The Labute approximate surface area is 169 Å². The smallest absolute Gasteiger partial charge is 0.318 e. The van der Waals surface area contributed by atoms with Crippen molar-refractivity contribution in [1.29, 1.82) is 0 Å². The number of nitrogens with one attached hydrogen (secondary N) is 2. The van der Waals surface area contributed by atoms with E-state index in [-0.39, 0.29) is 12.1 Å². The molecule has 4 aromatic rings. The normalized spacial score (nSPS) is 16.0. The van der Waals surface area contributed by atoms with Gasteiger partial charge in [0, 0.05) is 23.1 Å². The summed E-state index contributed by atoms with van der Waals surface area (Å²) >= 11 is 0. The molecule has 5 heteroatoms. The summed E-state index contributed by atoms with van der Waals surface area (Å²) in [6.45, 7) is 3.12. The van der Waals surface area contributed by atoms with Gasteiger partial charge in [0.15, 0.2) is 0 Å². The third-order valence-corrected chi connectivity index (χ3v) is 5.68. The molecule has 2 N–H and O–H groups in total. The number of hydrogen-bond acceptors (Lipinski definition) is 2. The molecule has 146 valence electrons. The highest BCUT2D eigenvalue weighted by atomic mass is 16.3. The second-order valence-electron chi connectivity index (χ2n) is 7.56. The van der Waals surface area contributed by atoms with E-state index in [1.807, 2.05) is 23.1 Å². The number of urea groups is 1. The van der Waals surface area contributed by atoms with Gasteiger partial charge in [-0.05, 0) is 42.7 Å². The summed E-state index contributed by atoms with van der Waals surface area (Å²) in [5.41, 5.74) is 5.84. The van der Waals surface area contributed by atoms with E-state index in [1.165, 1.54) is 16.5 Å². The van der Waals surface area contributed by atoms with E-state index >= 15 is 0 Å². The van der Waals surface area contributed by atoms with Crippen LogP contribution in [0.4, 0.5) is 4.79 Å². The molecular weight excluding hydrogens is 362 g/mol. The summed E-state index contributed by atoms with van der Waals surface area (Å²) in [7, 11) is 0. The van der Waals surface area contributed by atoms with Crippen molar-refractivity contribution >= 4 is 16.9 Å². The van der Waals surface area contributed by atoms with E-state index in [4.69, 9.17) is 4.42 Å². The second-order valence-corrected chi connectivity index (χ2v) is 7.56. The van der Waals surface area contributed by atoms with E-state index < -0.39 is 0 Å². The number of carbonyl (C=O) groups is 1. The van der Waals surface area contributed by atoms with Gasteiger partial charge in [0.05, 0.1) is 18.8 Å². The maximum absolute atomic E-state index is 13.1. The molecule has 2 aromatic carbocycles. The number of aryl methyl sites for hydroxylation is 1. The predicted molar refractivity (Wildman–Crippen MR) is 113 cm³/mol. The van der Waals surface area contributed by atoms with Crippen molar-refractivity contribution in [3.05, 3.63) is 95.1 Å². The third kappa shape index (κ3) is 3.18. The third-order valence-electron chi connectivity index (χ3n) is 5.68. The lowest BCUT2D eigenvalue weighted by Gasteiger charge is -2.36. The van der Waals surface area contributed by atoms with Crippen LogP contribution in [-0.2, 0) is 13.0 Å². The fourth-order valence-electron chi connectivity index (χ4n) is 4.23. The van der Waals surface area contributed by atoms with Crippen LogP contribution in [0.2, 0.25) is 0 Å². The molecule has 5 rings (SSSR count). The number of nitrogens with zero attached hydrogens (tertiary/aromatic N) is 1. The van der Waals surface area contributed by atoms with Gasteiger partial charge in [0.1, 0.15) is 5.76 Å². The molecule has 0 aliphatic carbocycles. The van der Waals surface area contributed by atoms with Crippen LogP contribution in [0.15, 0.2) is 71.3 Å². The van der Waals surface area contributed by atoms with Gasteiger partial charge >= 0.3 is 6.03 Å². The summed E-state index contributed by atoms with van der Waals surface area (Å²) in [5, 5.41) is 4.26. The molecule has 2 aromatic heterocycles. The first-order chi connectivity index (χ1) is 14.2. The Morgan fingerprint density at radius 3 is 2.76 bits per heavy atom. The number of fused-ring (bicyclic) bond motifs is 3. The minimum atomic E-state index is -0.150. The van der Waals surface area contributed by atoms with Crippen LogP contribution in [0, 0.1) is 6.92 Å². The van der Waals surface area contributed by atoms with Crippen molar-refractivity contribution in [3.63, 3.8) is 0 Å². The van der Waals surface area contributed by atoms with E-state index in [9.17, 15) is 4.79 Å². The molecule has 2 amide bonds. The lowest BCUT2D eigenvalue weighted by molar-refractivity contribution is 0.178. The van der Waals surface area contributed by atoms with Crippen LogP contribution in [0.3, 0.4) is 0 Å². The maximum atomic E-state index is 13.1. The molecule has 0 radical (unpaired) electrons. The van der Waals surface area contributed by atoms with Gasteiger partial charge < -0.3 is 19.6 Å². The average Bonchev–Trinajstić information content (AvgIpc) is 3.39. The van der Waals surface area contributed by atoms with Crippen molar-refractivity contribution in [2.24, 2.45) is 0 Å². The van der Waals surface area contributed by atoms with Crippen LogP contribution in [-0.4, -0.2) is 22.5 Å². The number of carbonyl (C=O) groups excluding carboxylic acids is 1. The van der Waals surface area contributed by atoms with Crippen molar-refractivity contribution in [1.82, 2.24) is 15.2 Å². The van der Waals surface area contributed by atoms with Crippen molar-refractivity contribution in [2.75, 3.05) is 6.54 Å². The molecule has 29 heavy (non-hydrogen) atoms. The van der Waals surface area contributed by atoms with E-state index in [0.29, 0.717) is 13.1 Å². The fraction of sp³-hybridized carbons (Fsp3) is 0.208. The molecule has 1 atom stereocenters. The summed E-state index contributed by atoms with van der Waals surface area (Å²) < 4.78 is 5.35. The predicted octanol–water partition coefficient (Wildman–Crippen LogP) is 4.93. The monoisotopic (exact) mass is 385 g/mol. The number of aromatic nitrogens is 1. The van der Waals surface area contributed by atoms with Crippen LogP contribution < -0.4 is 5.32 Å². The topological polar surface area (TPSA) is 61.3 Å². The molecule has 0 saturated carbocycles. The summed E-state index contributed by atoms with van der Waals surface area (Å²) in [4.78, 5) is 18.6. The Bertz CT molecular complexity index is 1140. The second kappa shape index (κ2) is 7.17. The molecule has 0 bridgehead atoms. The zero-order valence-electron chi connectivity index (χ0n) is 16.3. The number of furan rings is 1. The largest absolute Gasteiger partial charge is 0.467 e. The Morgan fingerprint density at radius 2 is 1.97 bits per heavy atom. The van der Waals surface area contributed by atoms with Crippen molar-refractivity contribution in [3.8, 4) is 0 Å². The van der Waals surface area contributed by atoms with Gasteiger partial charge in [-0.1, -0.05) is 48.0 Å². The lowest BCUT2D eigenvalue weighted by Crippen LogP contribution is -2.45. The first-order valence-corrected chi connectivity index (χ1v) is 9.93. The van der Waals surface area contributed by atoms with Crippen molar-refractivity contribution < 1.29 is 9.21 Å². The summed E-state index contributed by atoms with van der Waals surface area (Å²) in [5.74, 6) is 0.744. The highest BCUT2D eigenvalue weighted by molar-refractivity contribution is 5.86. The van der Waals surface area contributed by atoms with Gasteiger partial charge in [-0.2, -0.15) is 0 Å². The molecule has 1 aliphatic rings. The van der Waals surface area contributed by atoms with Gasteiger partial charge in [0.25, 0.3) is 0 Å². The fourth-order valence-corrected chi connectivity index (χ4v) is 4.23. The highest BCUT2D eigenvalue weighted by Crippen LogP contribution is 2.38. The number of H-pyrrole nitrogens is 1. The Kier molecular flexibility index (Phi) is 4.35. The summed E-state index contributed by atoms with van der Waals surface area (Å²) in [6.07, 6.45) is 2.45. The molecule has 0 fully saturated rings. The average molecular weight is 385 g/mol. The molecule has 1 aliphatic heterocycles. The first kappa shape index (κ1) is 17.6. The molecular formula is C24H23N3O2. The molecule has 0 unspecified atom stereocenters. The minimum Gasteiger partial charge on any atom is -0.467 e. The molecule has 5 nitrogen and oxygen atoms in total. The quantitative estimate of drug-likeness (QED) is 0.525. The number of aromatic amines is 1. The highest BCUT2D eigenvalue weighted by Gasteiger charge is 2.34. The number of benzene rings is 2. The number of hydrogen-bond donors (Lipinski definition) is 2. The standard InChI is InChI=1S/C24H23N3O2/c1-16-8-10-17(11-9-16)23-22-20(19-6-2-3-7-21(19)26-22)12-13-27(23)24(28)25-15-18-5-4-14-29-18/h2-11,14,23,26H,12-13,15H2,1H3,(H,25,28)/t23-/m1/s1. The van der Waals surface area contributed by atoms with E-state index in [2.05, 4.69) is 59.7 Å². The first-order valence-electron chi connectivity index (χ1n) is 9.93. The zero-order valence-corrected chi connectivity index (χ0v) is 16.3. The van der Waals surface area contributed by atoms with Crippen LogP contribution in [0.5, 0.6) is 0 Å². The zero-order chi connectivity index (χ0) is 19.8. The van der Waals surface area contributed by atoms with Gasteiger partial charge in [-0.25, -0.2) is 4.79 Å². The van der Waals surface area contributed by atoms with Crippen LogP contribution >= 0.6 is 0 Å². The van der Waals surface area contributed by atoms with Crippen LogP contribution in [0.25, 0.3) is 10.9 Å². The molecule has 0 spiro atoms. The molecule has 3 heterocycles. The van der Waals surface area contributed by atoms with Crippen molar-refractivity contribution in [2.45, 2.75) is 25.9 Å². The summed E-state index contributed by atoms with van der Waals surface area (Å²) in [6, 6.07) is 20.3. The van der Waals surface area contributed by atoms with E-state index in [1.54, 1.807) is 6.26 Å². The number of rotatable bonds is 3. The Morgan fingerprint density at radius 1 is 1.14 bits per heavy atom. The number of para-hydroxylation sites is 1. The SMILES string of the molecule is Cc1ccc([C@@H]2c3[nH]c4ccccc4c3CCN2C(=O)NCc2ccco2)cc1. The minimum absolute atomic E-state index is 0.0868. The Hall–Kier alpha value is -3.47. The van der Waals surface area contributed by atoms with Crippen LogP contribution in [0.1, 0.15) is 34.2 Å². The number of amides is 2.